The standard InChI is InChI=1S/C23H34O4/c1-5-6-7-8-9-10-11-19-12-14-21(23(25)26-4)20(16-19)13-15-22(24)27-17-18(2)3/h12-16,18H,5-11,17H2,1-4H3/b15-13+. The Labute approximate surface area is 163 Å². The summed E-state index contributed by atoms with van der Waals surface area (Å²) in [7, 11) is 1.36. The predicted octanol–water partition coefficient (Wildman–Crippen LogP) is 5.59. The van der Waals surface area contributed by atoms with Crippen LogP contribution < -0.4 is 0 Å². The highest BCUT2D eigenvalue weighted by atomic mass is 16.5. The molecule has 4 nitrogen and oxygen atoms in total. The lowest BCUT2D eigenvalue weighted by molar-refractivity contribution is -0.138. The molecule has 1 aromatic carbocycles. The van der Waals surface area contributed by atoms with E-state index in [1.807, 2.05) is 26.0 Å². The molecular formula is C23H34O4. The Bertz CT molecular complexity index is 617. The van der Waals surface area contributed by atoms with Crippen LogP contribution in [-0.2, 0) is 20.7 Å². The average molecular weight is 375 g/mol. The fraction of sp³-hybridized carbons (Fsp3) is 0.565. The molecule has 0 radical (unpaired) electrons. The number of unbranched alkanes of at least 4 members (excludes halogenated alkanes) is 5. The molecule has 1 rings (SSSR count). The van der Waals surface area contributed by atoms with Crippen molar-refractivity contribution in [1.82, 2.24) is 0 Å². The number of ether oxygens (including phenoxy) is 2. The minimum Gasteiger partial charge on any atom is -0.465 e. The predicted molar refractivity (Wildman–Crippen MR) is 110 cm³/mol. The maximum absolute atomic E-state index is 12.0. The van der Waals surface area contributed by atoms with Crippen molar-refractivity contribution in [3.8, 4) is 0 Å². The minimum atomic E-state index is -0.406. The third-order valence-electron chi connectivity index (χ3n) is 4.30. The molecule has 0 saturated heterocycles. The van der Waals surface area contributed by atoms with E-state index in [-0.39, 0.29) is 5.92 Å². The Morgan fingerprint density at radius 3 is 2.44 bits per heavy atom. The van der Waals surface area contributed by atoms with Gasteiger partial charge in [-0.05, 0) is 42.0 Å². The Morgan fingerprint density at radius 1 is 1.07 bits per heavy atom. The molecule has 0 fully saturated rings. The zero-order valence-electron chi connectivity index (χ0n) is 17.3. The summed E-state index contributed by atoms with van der Waals surface area (Å²) in [5, 5.41) is 0. The topological polar surface area (TPSA) is 52.6 Å². The fourth-order valence-corrected chi connectivity index (χ4v) is 2.77. The monoisotopic (exact) mass is 374 g/mol. The number of carbonyl (C=O) groups is 2. The van der Waals surface area contributed by atoms with Crippen molar-refractivity contribution in [2.75, 3.05) is 13.7 Å². The lowest BCUT2D eigenvalue weighted by atomic mass is 9.99. The fourth-order valence-electron chi connectivity index (χ4n) is 2.77. The summed E-state index contributed by atoms with van der Waals surface area (Å²) >= 11 is 0. The zero-order valence-corrected chi connectivity index (χ0v) is 17.3. The van der Waals surface area contributed by atoms with Gasteiger partial charge in [0.05, 0.1) is 19.3 Å². The molecule has 0 atom stereocenters. The molecule has 27 heavy (non-hydrogen) atoms. The van der Waals surface area contributed by atoms with Crippen LogP contribution in [0.15, 0.2) is 24.3 Å². The summed E-state index contributed by atoms with van der Waals surface area (Å²) in [5.74, 6) is -0.522. The van der Waals surface area contributed by atoms with Gasteiger partial charge in [0.2, 0.25) is 0 Å². The smallest absolute Gasteiger partial charge is 0.338 e. The molecule has 0 aliphatic rings. The first kappa shape index (κ1) is 22.9. The number of aryl methyl sites for hydroxylation is 1. The number of benzene rings is 1. The van der Waals surface area contributed by atoms with Crippen LogP contribution in [0.2, 0.25) is 0 Å². The molecule has 4 heteroatoms. The SMILES string of the molecule is CCCCCCCCc1ccc(C(=O)OC)c(/C=C/C(=O)OCC(C)C)c1. The second kappa shape index (κ2) is 13.1. The summed E-state index contributed by atoms with van der Waals surface area (Å²) in [6, 6.07) is 5.70. The first-order valence-corrected chi connectivity index (χ1v) is 10.0. The van der Waals surface area contributed by atoms with E-state index in [4.69, 9.17) is 9.47 Å². The van der Waals surface area contributed by atoms with Gasteiger partial charge in [-0.1, -0.05) is 65.0 Å². The molecule has 0 N–H and O–H groups in total. The number of hydrogen-bond acceptors (Lipinski definition) is 4. The van der Waals surface area contributed by atoms with Crippen molar-refractivity contribution in [3.05, 3.63) is 41.0 Å². The Hall–Kier alpha value is -2.10. The summed E-state index contributed by atoms with van der Waals surface area (Å²) in [5.41, 5.74) is 2.30. The maximum atomic E-state index is 12.0. The number of methoxy groups -OCH3 is 1. The van der Waals surface area contributed by atoms with Gasteiger partial charge in [-0.3, -0.25) is 0 Å². The van der Waals surface area contributed by atoms with E-state index in [2.05, 4.69) is 6.92 Å². The van der Waals surface area contributed by atoms with E-state index in [1.54, 1.807) is 12.1 Å². The van der Waals surface area contributed by atoms with Crippen LogP contribution >= 0.6 is 0 Å². The van der Waals surface area contributed by atoms with Crippen LogP contribution in [0.1, 0.15) is 80.8 Å². The lowest BCUT2D eigenvalue weighted by Gasteiger charge is -2.08. The van der Waals surface area contributed by atoms with Crippen molar-refractivity contribution in [2.45, 2.75) is 65.7 Å². The van der Waals surface area contributed by atoms with Crippen molar-refractivity contribution >= 4 is 18.0 Å². The molecule has 0 unspecified atom stereocenters. The highest BCUT2D eigenvalue weighted by Gasteiger charge is 2.11. The van der Waals surface area contributed by atoms with Gasteiger partial charge in [0, 0.05) is 6.08 Å². The van der Waals surface area contributed by atoms with Gasteiger partial charge in [-0.15, -0.1) is 0 Å². The normalized spacial score (nSPS) is 11.1. The number of rotatable bonds is 12. The molecule has 0 heterocycles. The van der Waals surface area contributed by atoms with Gasteiger partial charge in [-0.2, -0.15) is 0 Å². The average Bonchev–Trinajstić information content (AvgIpc) is 2.66. The molecular weight excluding hydrogens is 340 g/mol. The van der Waals surface area contributed by atoms with E-state index in [1.165, 1.54) is 45.3 Å². The van der Waals surface area contributed by atoms with Gasteiger partial charge >= 0.3 is 11.9 Å². The van der Waals surface area contributed by atoms with Gasteiger partial charge < -0.3 is 9.47 Å². The highest BCUT2D eigenvalue weighted by molar-refractivity contribution is 5.96. The first-order chi connectivity index (χ1) is 13.0. The molecule has 0 aliphatic heterocycles. The third-order valence-corrected chi connectivity index (χ3v) is 4.30. The number of hydrogen-bond donors (Lipinski definition) is 0. The van der Waals surface area contributed by atoms with Crippen molar-refractivity contribution < 1.29 is 19.1 Å². The van der Waals surface area contributed by atoms with Crippen molar-refractivity contribution in [3.63, 3.8) is 0 Å². The van der Waals surface area contributed by atoms with E-state index in [0.29, 0.717) is 17.7 Å². The van der Waals surface area contributed by atoms with Gasteiger partial charge in [0.1, 0.15) is 0 Å². The Kier molecular flexibility index (Phi) is 11.2. The number of carbonyl (C=O) groups excluding carboxylic acids is 2. The molecule has 0 aliphatic carbocycles. The van der Waals surface area contributed by atoms with E-state index in [0.717, 1.165) is 18.4 Å². The van der Waals surface area contributed by atoms with Crippen LogP contribution in [0.5, 0.6) is 0 Å². The summed E-state index contributed by atoms with van der Waals surface area (Å²) < 4.78 is 10.0. The summed E-state index contributed by atoms with van der Waals surface area (Å²) in [6.45, 7) is 6.57. The van der Waals surface area contributed by atoms with Crippen molar-refractivity contribution in [1.29, 1.82) is 0 Å². The van der Waals surface area contributed by atoms with Crippen LogP contribution in [0.3, 0.4) is 0 Å². The molecule has 0 aromatic heterocycles. The maximum Gasteiger partial charge on any atom is 0.338 e. The lowest BCUT2D eigenvalue weighted by Crippen LogP contribution is -2.08. The quantitative estimate of drug-likeness (QED) is 0.272. The van der Waals surface area contributed by atoms with Crippen LogP contribution in [-0.4, -0.2) is 25.7 Å². The molecule has 0 spiro atoms. The van der Waals surface area contributed by atoms with Crippen LogP contribution in [0.25, 0.3) is 6.08 Å². The van der Waals surface area contributed by atoms with E-state index in [9.17, 15) is 9.59 Å². The third kappa shape index (κ3) is 9.41. The van der Waals surface area contributed by atoms with Crippen LogP contribution in [0.4, 0.5) is 0 Å². The van der Waals surface area contributed by atoms with Gasteiger partial charge in [0.25, 0.3) is 0 Å². The Morgan fingerprint density at radius 2 is 1.78 bits per heavy atom. The van der Waals surface area contributed by atoms with Gasteiger partial charge in [0.15, 0.2) is 0 Å². The Balaban J connectivity index is 2.76. The van der Waals surface area contributed by atoms with Crippen LogP contribution in [0, 0.1) is 5.92 Å². The van der Waals surface area contributed by atoms with E-state index < -0.39 is 11.9 Å². The van der Waals surface area contributed by atoms with E-state index >= 15 is 0 Å². The molecule has 150 valence electrons. The second-order valence-corrected chi connectivity index (χ2v) is 7.29. The molecule has 0 saturated carbocycles. The molecule has 1 aromatic rings. The molecule has 0 bridgehead atoms. The first-order valence-electron chi connectivity index (χ1n) is 10.0. The summed E-state index contributed by atoms with van der Waals surface area (Å²) in [4.78, 5) is 23.8. The highest BCUT2D eigenvalue weighted by Crippen LogP contribution is 2.18. The summed E-state index contributed by atoms with van der Waals surface area (Å²) in [6.07, 6.45) is 11.4. The minimum absolute atomic E-state index is 0.286. The van der Waals surface area contributed by atoms with Crippen molar-refractivity contribution in [2.24, 2.45) is 5.92 Å². The van der Waals surface area contributed by atoms with Gasteiger partial charge in [-0.25, -0.2) is 9.59 Å². The largest absolute Gasteiger partial charge is 0.465 e. The molecule has 0 amide bonds. The second-order valence-electron chi connectivity index (χ2n) is 7.29. The number of esters is 2. The zero-order chi connectivity index (χ0) is 20.1.